The smallest absolute Gasteiger partial charge is 0.337 e. The predicted octanol–water partition coefficient (Wildman–Crippen LogP) is 2.96. The lowest BCUT2D eigenvalue weighted by molar-refractivity contribution is -0.184. The zero-order valence-corrected chi connectivity index (χ0v) is 13.2. The van der Waals surface area contributed by atoms with Crippen LogP contribution in [-0.4, -0.2) is 44.8 Å². The summed E-state index contributed by atoms with van der Waals surface area (Å²) in [6.07, 6.45) is -0.427. The lowest BCUT2D eigenvalue weighted by atomic mass is 9.97. The van der Waals surface area contributed by atoms with Crippen molar-refractivity contribution in [1.29, 1.82) is 0 Å². The van der Waals surface area contributed by atoms with Crippen LogP contribution in [-0.2, 0) is 7.05 Å². The molecule has 0 unspecified atom stereocenters. The molecule has 23 heavy (non-hydrogen) atoms. The Kier molecular flexibility index (Phi) is 4.13. The van der Waals surface area contributed by atoms with Crippen LogP contribution < -0.4 is 0 Å². The Morgan fingerprint density at radius 3 is 2.87 bits per heavy atom. The molecular formula is C14H15F3N4OS. The summed E-state index contributed by atoms with van der Waals surface area (Å²) < 4.78 is 40.2. The zero-order chi connectivity index (χ0) is 16.6. The Bertz CT molecular complexity index is 709. The summed E-state index contributed by atoms with van der Waals surface area (Å²) in [6.45, 7) is 0.0489. The molecule has 3 heterocycles. The van der Waals surface area contributed by atoms with E-state index in [2.05, 4.69) is 10.1 Å². The number of hydrogen-bond donors (Lipinski definition) is 0. The van der Waals surface area contributed by atoms with Crippen molar-refractivity contribution in [2.24, 2.45) is 13.0 Å². The van der Waals surface area contributed by atoms with E-state index < -0.39 is 18.0 Å². The van der Waals surface area contributed by atoms with Gasteiger partial charge in [-0.15, -0.1) is 11.3 Å². The molecule has 3 rings (SSSR count). The number of piperidine rings is 1. The summed E-state index contributed by atoms with van der Waals surface area (Å²) in [5, 5.41) is 6.25. The number of thiazole rings is 1. The number of amides is 1. The van der Waals surface area contributed by atoms with Gasteiger partial charge in [-0.2, -0.15) is 18.3 Å². The fraction of sp³-hybridized carbons (Fsp3) is 0.500. The maximum atomic E-state index is 12.8. The Morgan fingerprint density at radius 1 is 1.43 bits per heavy atom. The predicted molar refractivity (Wildman–Crippen MR) is 79.0 cm³/mol. The summed E-state index contributed by atoms with van der Waals surface area (Å²) in [5.41, 5.74) is 0.972. The maximum Gasteiger partial charge on any atom is 0.393 e. The van der Waals surface area contributed by atoms with E-state index in [-0.39, 0.29) is 18.7 Å². The van der Waals surface area contributed by atoms with Gasteiger partial charge in [0.1, 0.15) is 10.7 Å². The van der Waals surface area contributed by atoms with Crippen LogP contribution in [0.25, 0.3) is 10.6 Å². The third kappa shape index (κ3) is 3.39. The van der Waals surface area contributed by atoms with Gasteiger partial charge in [0.2, 0.25) is 0 Å². The molecule has 0 radical (unpaired) electrons. The molecule has 1 aliphatic rings. The minimum Gasteiger partial charge on any atom is -0.337 e. The first-order chi connectivity index (χ1) is 10.8. The Hall–Kier alpha value is -1.90. The summed E-state index contributed by atoms with van der Waals surface area (Å²) in [7, 11) is 1.77. The van der Waals surface area contributed by atoms with E-state index in [4.69, 9.17) is 0 Å². The molecule has 1 fully saturated rings. The summed E-state index contributed by atoms with van der Waals surface area (Å²) >= 11 is 1.28. The molecule has 0 N–H and O–H groups in total. The Labute approximate surface area is 134 Å². The topological polar surface area (TPSA) is 51.0 Å². The van der Waals surface area contributed by atoms with E-state index in [0.717, 1.165) is 5.56 Å². The largest absolute Gasteiger partial charge is 0.393 e. The number of rotatable bonds is 2. The third-order valence-electron chi connectivity index (χ3n) is 3.85. The van der Waals surface area contributed by atoms with Crippen molar-refractivity contribution in [2.75, 3.05) is 13.1 Å². The van der Waals surface area contributed by atoms with Crippen molar-refractivity contribution in [3.63, 3.8) is 0 Å². The van der Waals surface area contributed by atoms with Gasteiger partial charge in [0.15, 0.2) is 0 Å². The zero-order valence-electron chi connectivity index (χ0n) is 12.4. The van der Waals surface area contributed by atoms with E-state index in [1.807, 2.05) is 0 Å². The molecule has 1 atom stereocenters. The molecule has 124 valence electrons. The first-order valence-electron chi connectivity index (χ1n) is 7.15. The van der Waals surface area contributed by atoms with Gasteiger partial charge in [0, 0.05) is 37.3 Å². The van der Waals surface area contributed by atoms with Gasteiger partial charge >= 0.3 is 6.18 Å². The molecule has 9 heteroatoms. The Balaban J connectivity index is 1.74. The highest BCUT2D eigenvalue weighted by Gasteiger charge is 2.43. The second-order valence-electron chi connectivity index (χ2n) is 5.57. The van der Waals surface area contributed by atoms with E-state index in [0.29, 0.717) is 18.0 Å². The molecular weight excluding hydrogens is 329 g/mol. The minimum atomic E-state index is -4.26. The molecule has 2 aromatic rings. The van der Waals surface area contributed by atoms with Crippen molar-refractivity contribution >= 4 is 17.2 Å². The SMILES string of the molecule is Cn1cc(-c2nc(C(=O)N3CCC[C@@H](C(F)(F)F)C3)cs2)cn1. The van der Waals surface area contributed by atoms with E-state index in [1.165, 1.54) is 16.2 Å². The number of nitrogens with zero attached hydrogens (tertiary/aromatic N) is 4. The summed E-state index contributed by atoms with van der Waals surface area (Å²) in [4.78, 5) is 17.9. The van der Waals surface area contributed by atoms with E-state index in [1.54, 1.807) is 29.5 Å². The number of aromatic nitrogens is 3. The van der Waals surface area contributed by atoms with Crippen molar-refractivity contribution in [1.82, 2.24) is 19.7 Å². The second kappa shape index (κ2) is 5.95. The van der Waals surface area contributed by atoms with Gasteiger partial charge in [-0.05, 0) is 12.8 Å². The second-order valence-corrected chi connectivity index (χ2v) is 6.43. The quantitative estimate of drug-likeness (QED) is 0.842. The van der Waals surface area contributed by atoms with Crippen LogP contribution in [0.3, 0.4) is 0 Å². The lowest BCUT2D eigenvalue weighted by Crippen LogP contribution is -2.44. The fourth-order valence-corrected chi connectivity index (χ4v) is 3.40. The van der Waals surface area contributed by atoms with Crippen LogP contribution in [0.15, 0.2) is 17.8 Å². The average Bonchev–Trinajstić information content (AvgIpc) is 3.14. The normalized spacial score (nSPS) is 19.1. The number of halogens is 3. The molecule has 0 bridgehead atoms. The first-order valence-corrected chi connectivity index (χ1v) is 8.03. The fourth-order valence-electron chi connectivity index (χ4n) is 2.63. The minimum absolute atomic E-state index is 0.0747. The van der Waals surface area contributed by atoms with Gasteiger partial charge in [0.05, 0.1) is 12.1 Å². The van der Waals surface area contributed by atoms with Crippen molar-refractivity contribution in [3.8, 4) is 10.6 Å². The molecule has 5 nitrogen and oxygen atoms in total. The highest BCUT2D eigenvalue weighted by atomic mass is 32.1. The van der Waals surface area contributed by atoms with Crippen LogP contribution in [0, 0.1) is 5.92 Å². The van der Waals surface area contributed by atoms with Crippen LogP contribution in [0.5, 0.6) is 0 Å². The third-order valence-corrected chi connectivity index (χ3v) is 4.74. The molecule has 0 saturated carbocycles. The van der Waals surface area contributed by atoms with Gasteiger partial charge in [-0.25, -0.2) is 4.98 Å². The lowest BCUT2D eigenvalue weighted by Gasteiger charge is -2.33. The van der Waals surface area contributed by atoms with Crippen molar-refractivity contribution < 1.29 is 18.0 Å². The first kappa shape index (κ1) is 16.0. The Morgan fingerprint density at radius 2 is 2.22 bits per heavy atom. The van der Waals surface area contributed by atoms with Gasteiger partial charge < -0.3 is 4.90 Å². The molecule has 1 saturated heterocycles. The highest BCUT2D eigenvalue weighted by Crippen LogP contribution is 2.33. The van der Waals surface area contributed by atoms with E-state index in [9.17, 15) is 18.0 Å². The maximum absolute atomic E-state index is 12.8. The number of likely N-dealkylation sites (tertiary alicyclic amines) is 1. The van der Waals surface area contributed by atoms with Crippen molar-refractivity contribution in [2.45, 2.75) is 19.0 Å². The highest BCUT2D eigenvalue weighted by molar-refractivity contribution is 7.13. The van der Waals surface area contributed by atoms with Crippen molar-refractivity contribution in [3.05, 3.63) is 23.5 Å². The van der Waals surface area contributed by atoms with Crippen LogP contribution in [0.4, 0.5) is 13.2 Å². The summed E-state index contributed by atoms with van der Waals surface area (Å²) in [6, 6.07) is 0. The van der Waals surface area contributed by atoms with Crippen LogP contribution in [0.2, 0.25) is 0 Å². The number of aryl methyl sites for hydroxylation is 1. The molecule has 0 aliphatic carbocycles. The van der Waals surface area contributed by atoms with Gasteiger partial charge in [-0.3, -0.25) is 9.48 Å². The molecule has 1 amide bonds. The van der Waals surface area contributed by atoms with E-state index >= 15 is 0 Å². The number of carbonyl (C=O) groups excluding carboxylic acids is 1. The summed E-state index contributed by atoms with van der Waals surface area (Å²) in [5.74, 6) is -1.89. The monoisotopic (exact) mass is 344 g/mol. The van der Waals surface area contributed by atoms with Crippen LogP contribution >= 0.6 is 11.3 Å². The number of carbonyl (C=O) groups is 1. The average molecular weight is 344 g/mol. The van der Waals surface area contributed by atoms with Gasteiger partial charge in [0.25, 0.3) is 5.91 Å². The number of alkyl halides is 3. The number of hydrogen-bond acceptors (Lipinski definition) is 4. The van der Waals surface area contributed by atoms with Gasteiger partial charge in [-0.1, -0.05) is 0 Å². The molecule has 0 aromatic carbocycles. The molecule has 2 aromatic heterocycles. The standard InChI is InChI=1S/C14H15F3N4OS/c1-20-6-9(5-18-20)12-19-11(8-23-12)13(22)21-4-2-3-10(7-21)14(15,16)17/h5-6,8,10H,2-4,7H2,1H3/t10-/m1/s1. The molecule has 1 aliphatic heterocycles. The molecule has 0 spiro atoms. The van der Waals surface area contributed by atoms with Crippen LogP contribution in [0.1, 0.15) is 23.3 Å².